The quantitative estimate of drug-likeness (QED) is 0.326. The maximum absolute atomic E-state index is 13.0. The summed E-state index contributed by atoms with van der Waals surface area (Å²) < 4.78 is 19.2. The van der Waals surface area contributed by atoms with Gasteiger partial charge in [0.1, 0.15) is 28.9 Å². The molecular weight excluding hydrogens is 431 g/mol. The summed E-state index contributed by atoms with van der Waals surface area (Å²) >= 11 is 11.4. The van der Waals surface area contributed by atoms with Gasteiger partial charge in [-0.15, -0.1) is 0 Å². The number of nitrogens with zero attached hydrogens (tertiary/aromatic N) is 1. The molecule has 0 radical (unpaired) electrons. The zero-order chi connectivity index (χ0) is 21.8. The maximum atomic E-state index is 13.0. The van der Waals surface area contributed by atoms with E-state index in [1.807, 2.05) is 42.5 Å². The molecule has 0 aliphatic rings. The van der Waals surface area contributed by atoms with Crippen LogP contribution in [0.5, 0.6) is 5.75 Å². The molecule has 0 atom stereocenters. The van der Waals surface area contributed by atoms with Crippen molar-refractivity contribution >= 4 is 23.8 Å². The van der Waals surface area contributed by atoms with Gasteiger partial charge in [-0.2, -0.15) is 5.26 Å². The lowest BCUT2D eigenvalue weighted by molar-refractivity contribution is 0.306. The van der Waals surface area contributed by atoms with Crippen LogP contribution in [0.1, 0.15) is 11.1 Å². The van der Waals surface area contributed by atoms with E-state index in [0.29, 0.717) is 27.6 Å². The highest BCUT2D eigenvalue weighted by atomic mass is 35.5. The zero-order valence-electron chi connectivity index (χ0n) is 16.2. The third-order valence-electron chi connectivity index (χ3n) is 4.78. The van der Waals surface area contributed by atoms with Crippen molar-refractivity contribution in [2.75, 3.05) is 0 Å². The molecule has 0 aliphatic heterocycles. The highest BCUT2D eigenvalue weighted by molar-refractivity contribution is 7.71. The number of H-pyrrole nitrogens is 1. The van der Waals surface area contributed by atoms with Gasteiger partial charge in [-0.1, -0.05) is 48.1 Å². The summed E-state index contributed by atoms with van der Waals surface area (Å²) in [7, 11) is 0. The number of hydrogen-bond acceptors (Lipinski definition) is 3. The highest BCUT2D eigenvalue weighted by Gasteiger charge is 2.11. The van der Waals surface area contributed by atoms with Crippen LogP contribution in [0, 0.1) is 21.8 Å². The second kappa shape index (κ2) is 9.13. The minimum absolute atomic E-state index is 0.272. The molecule has 0 amide bonds. The summed E-state index contributed by atoms with van der Waals surface area (Å²) in [5, 5.41) is 10.2. The zero-order valence-corrected chi connectivity index (χ0v) is 17.8. The minimum Gasteiger partial charge on any atom is -0.489 e. The third kappa shape index (κ3) is 4.83. The number of nitrogens with one attached hydrogen (secondary N) is 1. The number of halogens is 2. The number of hydrogen-bond donors (Lipinski definition) is 1. The lowest BCUT2D eigenvalue weighted by atomic mass is 9.99. The van der Waals surface area contributed by atoms with Crippen molar-refractivity contribution < 1.29 is 9.13 Å². The fourth-order valence-electron chi connectivity index (χ4n) is 3.16. The Balaban J connectivity index is 1.60. The van der Waals surface area contributed by atoms with Gasteiger partial charge in [-0.25, -0.2) is 4.39 Å². The Morgan fingerprint density at radius 3 is 2.23 bits per heavy atom. The lowest BCUT2D eigenvalue weighted by Gasteiger charge is -2.11. The van der Waals surface area contributed by atoms with Crippen LogP contribution in [0.4, 0.5) is 4.39 Å². The van der Waals surface area contributed by atoms with E-state index in [-0.39, 0.29) is 5.82 Å². The van der Waals surface area contributed by atoms with E-state index >= 15 is 0 Å². The Labute approximate surface area is 189 Å². The van der Waals surface area contributed by atoms with Crippen LogP contribution in [-0.4, -0.2) is 4.98 Å². The molecule has 0 fully saturated rings. The molecule has 31 heavy (non-hydrogen) atoms. The van der Waals surface area contributed by atoms with Gasteiger partial charge < -0.3 is 9.72 Å². The summed E-state index contributed by atoms with van der Waals surface area (Å²) in [4.78, 5) is 3.14. The van der Waals surface area contributed by atoms with E-state index in [1.54, 1.807) is 24.3 Å². The largest absolute Gasteiger partial charge is 0.489 e. The van der Waals surface area contributed by atoms with E-state index < -0.39 is 0 Å². The third-order valence-corrected chi connectivity index (χ3v) is 5.34. The molecule has 3 nitrogen and oxygen atoms in total. The average molecular weight is 447 g/mol. The van der Waals surface area contributed by atoms with Gasteiger partial charge >= 0.3 is 0 Å². The Bertz CT molecular complexity index is 1310. The molecule has 1 N–H and O–H groups in total. The number of aromatic nitrogens is 1. The fraction of sp³-hybridized carbons (Fsp3) is 0.0400. The number of rotatable bonds is 5. The topological polar surface area (TPSA) is 48.8 Å². The number of benzene rings is 3. The number of nitriles is 1. The van der Waals surface area contributed by atoms with E-state index in [9.17, 15) is 9.65 Å². The molecule has 0 aliphatic carbocycles. The molecule has 0 saturated carbocycles. The van der Waals surface area contributed by atoms with Gasteiger partial charge in [-0.3, -0.25) is 0 Å². The van der Waals surface area contributed by atoms with Gasteiger partial charge in [0.25, 0.3) is 0 Å². The maximum Gasteiger partial charge on any atom is 0.123 e. The van der Waals surface area contributed by atoms with Crippen LogP contribution in [0.25, 0.3) is 22.4 Å². The van der Waals surface area contributed by atoms with Crippen molar-refractivity contribution in [3.05, 3.63) is 105 Å². The molecule has 6 heteroatoms. The van der Waals surface area contributed by atoms with Crippen LogP contribution >= 0.6 is 23.8 Å². The molecule has 4 aromatic rings. The molecule has 1 aromatic heterocycles. The Kier molecular flexibility index (Phi) is 6.13. The minimum atomic E-state index is -0.272. The molecule has 0 unspecified atom stereocenters. The predicted octanol–water partition coefficient (Wildman–Crippen LogP) is 7.32. The van der Waals surface area contributed by atoms with Crippen molar-refractivity contribution in [3.8, 4) is 34.2 Å². The summed E-state index contributed by atoms with van der Waals surface area (Å²) in [5.41, 5.74) is 4.60. The summed E-state index contributed by atoms with van der Waals surface area (Å²) in [6, 6.07) is 25.1. The van der Waals surface area contributed by atoms with Gasteiger partial charge in [-0.05, 0) is 71.3 Å². The van der Waals surface area contributed by atoms with Crippen molar-refractivity contribution in [3.63, 3.8) is 0 Å². The van der Waals surface area contributed by atoms with Gasteiger partial charge in [0.2, 0.25) is 0 Å². The first kappa shape index (κ1) is 20.8. The first-order valence-corrected chi connectivity index (χ1v) is 10.2. The Morgan fingerprint density at radius 1 is 0.935 bits per heavy atom. The molecule has 3 aromatic carbocycles. The van der Waals surface area contributed by atoms with Crippen molar-refractivity contribution in [1.29, 1.82) is 5.26 Å². The molecule has 152 valence electrons. The van der Waals surface area contributed by atoms with Gasteiger partial charge in [0, 0.05) is 16.3 Å². The van der Waals surface area contributed by atoms with E-state index in [1.165, 1.54) is 12.1 Å². The average Bonchev–Trinajstić information content (AvgIpc) is 2.79. The summed E-state index contributed by atoms with van der Waals surface area (Å²) in [6.45, 7) is 0.347. The SMILES string of the molecule is N#Cc1c(-c2ccc(Cl)cc2)cc(-c2ccc(OCc3ccc(F)cc3)cc2)[nH]c1=S. The monoisotopic (exact) mass is 446 g/mol. The summed E-state index contributed by atoms with van der Waals surface area (Å²) in [6.07, 6.45) is 0. The smallest absolute Gasteiger partial charge is 0.123 e. The molecule has 0 saturated heterocycles. The molecule has 4 rings (SSSR count). The Morgan fingerprint density at radius 2 is 1.58 bits per heavy atom. The number of pyridine rings is 1. The number of aromatic amines is 1. The molecular formula is C25H16ClFN2OS. The van der Waals surface area contributed by atoms with Crippen molar-refractivity contribution in [1.82, 2.24) is 4.98 Å². The number of ether oxygens (including phenoxy) is 1. The van der Waals surface area contributed by atoms with E-state index in [0.717, 1.165) is 27.9 Å². The van der Waals surface area contributed by atoms with Crippen molar-refractivity contribution in [2.24, 2.45) is 0 Å². The van der Waals surface area contributed by atoms with Gasteiger partial charge in [0.15, 0.2) is 0 Å². The fourth-order valence-corrected chi connectivity index (χ4v) is 3.55. The summed E-state index contributed by atoms with van der Waals surface area (Å²) in [5.74, 6) is 0.420. The molecule has 0 spiro atoms. The van der Waals surface area contributed by atoms with Crippen LogP contribution in [-0.2, 0) is 6.61 Å². The molecule has 1 heterocycles. The first-order chi connectivity index (χ1) is 15.0. The van der Waals surface area contributed by atoms with E-state index in [4.69, 9.17) is 28.6 Å². The van der Waals surface area contributed by atoms with Gasteiger partial charge in [0.05, 0.1) is 5.56 Å². The lowest BCUT2D eigenvalue weighted by Crippen LogP contribution is -1.96. The van der Waals surface area contributed by atoms with Crippen LogP contribution < -0.4 is 4.74 Å². The highest BCUT2D eigenvalue weighted by Crippen LogP contribution is 2.30. The van der Waals surface area contributed by atoms with Crippen molar-refractivity contribution in [2.45, 2.75) is 6.61 Å². The van der Waals surface area contributed by atoms with Crippen LogP contribution in [0.3, 0.4) is 0 Å². The second-order valence-electron chi connectivity index (χ2n) is 6.86. The van der Waals surface area contributed by atoms with E-state index in [2.05, 4.69) is 11.1 Å². The Hall–Kier alpha value is -3.46. The first-order valence-electron chi connectivity index (χ1n) is 9.44. The second-order valence-corrected chi connectivity index (χ2v) is 7.70. The predicted molar refractivity (Wildman–Crippen MR) is 123 cm³/mol. The van der Waals surface area contributed by atoms with Crippen LogP contribution in [0.2, 0.25) is 5.02 Å². The standard InChI is InChI=1S/C25H16ClFN2OS/c26-19-7-3-17(4-8-19)22-13-24(29-25(31)23(22)14-28)18-5-11-21(12-6-18)30-15-16-1-9-20(27)10-2-16/h1-13H,15H2,(H,29,31). The normalized spacial score (nSPS) is 10.5. The molecule has 0 bridgehead atoms. The van der Waals surface area contributed by atoms with Crippen LogP contribution in [0.15, 0.2) is 78.9 Å².